The summed E-state index contributed by atoms with van der Waals surface area (Å²) in [6.07, 6.45) is 1.38. The molecule has 1 atom stereocenters. The molecule has 3 N–H and O–H groups in total. The van der Waals surface area contributed by atoms with Gasteiger partial charge in [-0.3, -0.25) is 4.79 Å². The van der Waals surface area contributed by atoms with Crippen molar-refractivity contribution in [2.45, 2.75) is 6.04 Å². The molecule has 0 amide bonds. The van der Waals surface area contributed by atoms with Crippen molar-refractivity contribution in [1.29, 1.82) is 0 Å². The standard InChI is InChI=1S/C10H8BrNO3/c11-7-3-1-2-5-6(4-15-9(5)7)8(12)10(13)14/h1-4,8H,12H2,(H,13,14). The number of rotatable bonds is 2. The van der Waals surface area contributed by atoms with Gasteiger partial charge in [0.05, 0.1) is 10.7 Å². The summed E-state index contributed by atoms with van der Waals surface area (Å²) in [5, 5.41) is 9.53. The lowest BCUT2D eigenvalue weighted by atomic mass is 10.1. The van der Waals surface area contributed by atoms with E-state index in [4.69, 9.17) is 15.3 Å². The van der Waals surface area contributed by atoms with Crippen molar-refractivity contribution < 1.29 is 14.3 Å². The fourth-order valence-electron chi connectivity index (χ4n) is 1.42. The summed E-state index contributed by atoms with van der Waals surface area (Å²) in [5.74, 6) is -1.07. The van der Waals surface area contributed by atoms with Crippen LogP contribution in [0.1, 0.15) is 11.6 Å². The van der Waals surface area contributed by atoms with Gasteiger partial charge in [-0.15, -0.1) is 0 Å². The number of halogens is 1. The van der Waals surface area contributed by atoms with Gasteiger partial charge in [0, 0.05) is 10.9 Å². The first kappa shape index (κ1) is 10.2. The van der Waals surface area contributed by atoms with Crippen LogP contribution in [0, 0.1) is 0 Å². The van der Waals surface area contributed by atoms with Crippen LogP contribution in [0.2, 0.25) is 0 Å². The largest absolute Gasteiger partial charge is 0.480 e. The molecule has 1 aromatic carbocycles. The van der Waals surface area contributed by atoms with Gasteiger partial charge in [-0.2, -0.15) is 0 Å². The Hall–Kier alpha value is -1.33. The van der Waals surface area contributed by atoms with Crippen LogP contribution in [0.4, 0.5) is 0 Å². The summed E-state index contributed by atoms with van der Waals surface area (Å²) in [7, 11) is 0. The van der Waals surface area contributed by atoms with Gasteiger partial charge in [0.15, 0.2) is 0 Å². The van der Waals surface area contributed by atoms with E-state index in [1.165, 1.54) is 6.26 Å². The molecule has 2 aromatic rings. The van der Waals surface area contributed by atoms with Crippen molar-refractivity contribution in [3.05, 3.63) is 34.5 Å². The first-order chi connectivity index (χ1) is 7.11. The molecule has 0 aliphatic carbocycles. The highest BCUT2D eigenvalue weighted by Crippen LogP contribution is 2.30. The number of benzene rings is 1. The summed E-state index contributed by atoms with van der Waals surface area (Å²) < 4.78 is 6.04. The van der Waals surface area contributed by atoms with Crippen molar-refractivity contribution in [3.63, 3.8) is 0 Å². The predicted molar refractivity (Wildman–Crippen MR) is 58.5 cm³/mol. The van der Waals surface area contributed by atoms with Gasteiger partial charge in [-0.05, 0) is 22.0 Å². The van der Waals surface area contributed by atoms with E-state index in [9.17, 15) is 4.79 Å². The van der Waals surface area contributed by atoms with Crippen LogP contribution in [0.15, 0.2) is 33.4 Å². The van der Waals surface area contributed by atoms with Gasteiger partial charge in [0.2, 0.25) is 0 Å². The van der Waals surface area contributed by atoms with Gasteiger partial charge < -0.3 is 15.3 Å². The van der Waals surface area contributed by atoms with E-state index in [0.29, 0.717) is 11.1 Å². The number of para-hydroxylation sites is 1. The Morgan fingerprint density at radius 2 is 2.27 bits per heavy atom. The second-order valence-electron chi connectivity index (χ2n) is 3.12. The third-order valence-corrected chi connectivity index (χ3v) is 2.81. The van der Waals surface area contributed by atoms with Gasteiger partial charge in [-0.1, -0.05) is 12.1 Å². The number of carbonyl (C=O) groups is 1. The van der Waals surface area contributed by atoms with Crippen LogP contribution in [-0.4, -0.2) is 11.1 Å². The van der Waals surface area contributed by atoms with Gasteiger partial charge >= 0.3 is 5.97 Å². The Morgan fingerprint density at radius 3 is 2.93 bits per heavy atom. The zero-order chi connectivity index (χ0) is 11.0. The first-order valence-electron chi connectivity index (χ1n) is 4.25. The maximum absolute atomic E-state index is 10.7. The topological polar surface area (TPSA) is 76.5 Å². The molecule has 78 valence electrons. The van der Waals surface area contributed by atoms with Crippen molar-refractivity contribution in [1.82, 2.24) is 0 Å². The molecule has 2 rings (SSSR count). The van der Waals surface area contributed by atoms with Crippen molar-refractivity contribution in [2.24, 2.45) is 5.73 Å². The normalized spacial score (nSPS) is 12.9. The van der Waals surface area contributed by atoms with E-state index in [-0.39, 0.29) is 0 Å². The summed E-state index contributed by atoms with van der Waals surface area (Å²) in [6.45, 7) is 0. The molecule has 0 radical (unpaired) electrons. The van der Waals surface area contributed by atoms with E-state index in [0.717, 1.165) is 9.86 Å². The number of hydrogen-bond donors (Lipinski definition) is 2. The Balaban J connectivity index is 2.64. The molecule has 0 aliphatic heterocycles. The zero-order valence-electron chi connectivity index (χ0n) is 7.61. The smallest absolute Gasteiger partial charge is 0.325 e. The zero-order valence-corrected chi connectivity index (χ0v) is 9.19. The lowest BCUT2D eigenvalue weighted by molar-refractivity contribution is -0.138. The monoisotopic (exact) mass is 269 g/mol. The van der Waals surface area contributed by atoms with Crippen molar-refractivity contribution >= 4 is 32.9 Å². The summed E-state index contributed by atoms with van der Waals surface area (Å²) in [4.78, 5) is 10.7. The molecule has 1 unspecified atom stereocenters. The Morgan fingerprint density at radius 1 is 1.53 bits per heavy atom. The van der Waals surface area contributed by atoms with E-state index in [1.54, 1.807) is 12.1 Å². The van der Waals surface area contributed by atoms with Crippen LogP contribution in [0.5, 0.6) is 0 Å². The molecule has 0 bridgehead atoms. The number of fused-ring (bicyclic) bond motifs is 1. The number of hydrogen-bond acceptors (Lipinski definition) is 3. The molecule has 0 saturated carbocycles. The van der Waals surface area contributed by atoms with E-state index >= 15 is 0 Å². The minimum atomic E-state index is -1.07. The van der Waals surface area contributed by atoms with Crippen LogP contribution < -0.4 is 5.73 Å². The molecule has 1 aromatic heterocycles. The molecule has 4 nitrogen and oxygen atoms in total. The minimum absolute atomic E-state index is 0.485. The van der Waals surface area contributed by atoms with Crippen LogP contribution in [0.3, 0.4) is 0 Å². The average Bonchev–Trinajstić information content (AvgIpc) is 2.61. The highest BCUT2D eigenvalue weighted by Gasteiger charge is 2.20. The van der Waals surface area contributed by atoms with E-state index < -0.39 is 12.0 Å². The SMILES string of the molecule is NC(C(=O)O)c1coc2c(Br)cccc12. The lowest BCUT2D eigenvalue weighted by Gasteiger charge is -2.02. The number of carboxylic acids is 1. The quantitative estimate of drug-likeness (QED) is 0.877. The predicted octanol–water partition coefficient (Wildman–Crippen LogP) is 2.28. The highest BCUT2D eigenvalue weighted by molar-refractivity contribution is 9.10. The van der Waals surface area contributed by atoms with E-state index in [2.05, 4.69) is 15.9 Å². The number of nitrogens with two attached hydrogens (primary N) is 1. The summed E-state index contributed by atoms with van der Waals surface area (Å²) in [5.41, 5.74) is 6.62. The summed E-state index contributed by atoms with van der Waals surface area (Å²) >= 11 is 3.31. The summed E-state index contributed by atoms with van der Waals surface area (Å²) in [6, 6.07) is 4.35. The Labute approximate surface area is 93.8 Å². The first-order valence-corrected chi connectivity index (χ1v) is 5.04. The maximum Gasteiger partial charge on any atom is 0.325 e. The van der Waals surface area contributed by atoms with Gasteiger partial charge in [0.25, 0.3) is 0 Å². The van der Waals surface area contributed by atoms with Gasteiger partial charge in [-0.25, -0.2) is 0 Å². The number of furan rings is 1. The number of aliphatic carboxylic acids is 1. The molecular weight excluding hydrogens is 262 g/mol. The lowest BCUT2D eigenvalue weighted by Crippen LogP contribution is -2.20. The second kappa shape index (κ2) is 3.67. The number of carboxylic acid groups (broad SMARTS) is 1. The highest BCUT2D eigenvalue weighted by atomic mass is 79.9. The van der Waals surface area contributed by atoms with Crippen LogP contribution >= 0.6 is 15.9 Å². The fraction of sp³-hybridized carbons (Fsp3) is 0.100. The van der Waals surface area contributed by atoms with Crippen molar-refractivity contribution in [3.8, 4) is 0 Å². The molecule has 1 heterocycles. The molecule has 0 spiro atoms. The Bertz CT molecular complexity index is 520. The van der Waals surface area contributed by atoms with Crippen LogP contribution in [0.25, 0.3) is 11.0 Å². The van der Waals surface area contributed by atoms with E-state index in [1.807, 2.05) is 6.07 Å². The van der Waals surface area contributed by atoms with Gasteiger partial charge in [0.1, 0.15) is 11.6 Å². The molecular formula is C10H8BrNO3. The Kier molecular flexibility index (Phi) is 2.50. The third-order valence-electron chi connectivity index (χ3n) is 2.18. The second-order valence-corrected chi connectivity index (χ2v) is 3.98. The third kappa shape index (κ3) is 1.64. The molecule has 5 heteroatoms. The van der Waals surface area contributed by atoms with Crippen LogP contribution in [-0.2, 0) is 4.79 Å². The molecule has 0 aliphatic rings. The fourth-order valence-corrected chi connectivity index (χ4v) is 1.88. The molecule has 0 fully saturated rings. The average molecular weight is 270 g/mol. The van der Waals surface area contributed by atoms with Crippen molar-refractivity contribution in [2.75, 3.05) is 0 Å². The molecule has 0 saturated heterocycles. The molecule has 15 heavy (non-hydrogen) atoms. The minimum Gasteiger partial charge on any atom is -0.480 e. The maximum atomic E-state index is 10.7.